The van der Waals surface area contributed by atoms with Gasteiger partial charge in [0, 0.05) is 18.2 Å². The van der Waals surface area contributed by atoms with Crippen LogP contribution in [0.25, 0.3) is 0 Å². The number of nitro groups is 1. The molecule has 0 aliphatic carbocycles. The van der Waals surface area contributed by atoms with Gasteiger partial charge < -0.3 is 4.74 Å². The predicted octanol–water partition coefficient (Wildman–Crippen LogP) is 1.93. The lowest BCUT2D eigenvalue weighted by atomic mass is 10.3. The summed E-state index contributed by atoms with van der Waals surface area (Å²) >= 11 is 0. The Morgan fingerprint density at radius 2 is 2.00 bits per heavy atom. The largest absolute Gasteiger partial charge is 0.478 e. The number of rotatable bonds is 5. The van der Waals surface area contributed by atoms with E-state index in [0.29, 0.717) is 18.5 Å². The lowest BCUT2D eigenvalue weighted by Crippen LogP contribution is -2.27. The van der Waals surface area contributed by atoms with Gasteiger partial charge in [-0.15, -0.1) is 0 Å². The number of benzene rings is 1. The molecule has 0 saturated heterocycles. The lowest BCUT2D eigenvalue weighted by molar-refractivity contribution is -0.384. The fraction of sp³-hybridized carbons (Fsp3) is 0.400. The number of nitro benzene ring substituents is 1. The van der Waals surface area contributed by atoms with Crippen LogP contribution in [-0.4, -0.2) is 17.7 Å². The minimum atomic E-state index is -0.434. The first-order valence-corrected chi connectivity index (χ1v) is 4.70. The zero-order chi connectivity index (χ0) is 11.3. The van der Waals surface area contributed by atoms with Gasteiger partial charge in [-0.1, -0.05) is 0 Å². The third-order valence-corrected chi connectivity index (χ3v) is 1.78. The molecule has 0 aliphatic heterocycles. The molecule has 0 saturated carbocycles. The Labute approximate surface area is 88.2 Å². The van der Waals surface area contributed by atoms with Gasteiger partial charge in [0.1, 0.15) is 12.5 Å². The lowest BCUT2D eigenvalue weighted by Gasteiger charge is -2.09. The first kappa shape index (κ1) is 11.5. The molecular formula is C10H14N2O3. The number of non-ortho nitro benzene ring substituents is 1. The van der Waals surface area contributed by atoms with Crippen LogP contribution in [0.4, 0.5) is 5.69 Å². The van der Waals surface area contributed by atoms with E-state index in [0.717, 1.165) is 0 Å². The van der Waals surface area contributed by atoms with E-state index in [2.05, 4.69) is 5.32 Å². The maximum Gasteiger partial charge on any atom is 0.269 e. The highest BCUT2D eigenvalue weighted by atomic mass is 16.6. The van der Waals surface area contributed by atoms with Crippen molar-refractivity contribution in [3.05, 3.63) is 34.4 Å². The van der Waals surface area contributed by atoms with E-state index in [-0.39, 0.29) is 5.69 Å². The molecule has 0 spiro atoms. The molecule has 15 heavy (non-hydrogen) atoms. The highest BCUT2D eigenvalue weighted by molar-refractivity contribution is 5.35. The van der Waals surface area contributed by atoms with Crippen LogP contribution in [0.2, 0.25) is 0 Å². The topological polar surface area (TPSA) is 64.4 Å². The van der Waals surface area contributed by atoms with Gasteiger partial charge in [0.15, 0.2) is 0 Å². The van der Waals surface area contributed by atoms with Gasteiger partial charge in [0.05, 0.1) is 4.92 Å². The number of hydrogen-bond donors (Lipinski definition) is 1. The standard InChI is InChI=1S/C10H14N2O3/c1-8(2)11-7-15-10-5-3-9(4-6-10)12(13)14/h3-6,8,11H,7H2,1-2H3. The summed E-state index contributed by atoms with van der Waals surface area (Å²) in [6, 6.07) is 6.36. The quantitative estimate of drug-likeness (QED) is 0.458. The number of ether oxygens (including phenoxy) is 1. The van der Waals surface area contributed by atoms with Gasteiger partial charge in [-0.25, -0.2) is 0 Å². The van der Waals surface area contributed by atoms with E-state index in [1.165, 1.54) is 12.1 Å². The molecule has 0 radical (unpaired) electrons. The number of nitrogens with zero attached hydrogens (tertiary/aromatic N) is 1. The van der Waals surface area contributed by atoms with Crippen LogP contribution in [0.5, 0.6) is 5.75 Å². The zero-order valence-electron chi connectivity index (χ0n) is 8.77. The molecule has 5 heteroatoms. The van der Waals surface area contributed by atoms with Crippen LogP contribution >= 0.6 is 0 Å². The average Bonchev–Trinajstić information content (AvgIpc) is 2.18. The van der Waals surface area contributed by atoms with Crippen molar-refractivity contribution in [2.45, 2.75) is 19.9 Å². The molecule has 82 valence electrons. The number of hydrogen-bond acceptors (Lipinski definition) is 4. The predicted molar refractivity (Wildman–Crippen MR) is 56.9 cm³/mol. The first-order chi connectivity index (χ1) is 7.09. The normalized spacial score (nSPS) is 10.3. The average molecular weight is 210 g/mol. The van der Waals surface area contributed by atoms with E-state index >= 15 is 0 Å². The molecule has 0 unspecified atom stereocenters. The van der Waals surface area contributed by atoms with Crippen LogP contribution in [0.1, 0.15) is 13.8 Å². The Bertz CT molecular complexity index is 322. The highest BCUT2D eigenvalue weighted by Gasteiger charge is 2.03. The molecule has 0 aromatic heterocycles. The molecule has 5 nitrogen and oxygen atoms in total. The van der Waals surface area contributed by atoms with Crippen LogP contribution in [0, 0.1) is 10.1 Å². The minimum Gasteiger partial charge on any atom is -0.478 e. The Morgan fingerprint density at radius 1 is 1.40 bits per heavy atom. The fourth-order valence-electron chi connectivity index (χ4n) is 0.956. The second-order valence-corrected chi connectivity index (χ2v) is 3.40. The van der Waals surface area contributed by atoms with Crippen LogP contribution in [-0.2, 0) is 0 Å². The summed E-state index contributed by atoms with van der Waals surface area (Å²) in [7, 11) is 0. The van der Waals surface area contributed by atoms with E-state index in [1.54, 1.807) is 12.1 Å². The second kappa shape index (κ2) is 5.31. The van der Waals surface area contributed by atoms with Crippen molar-refractivity contribution in [2.24, 2.45) is 0 Å². The van der Waals surface area contributed by atoms with Crippen LogP contribution in [0.15, 0.2) is 24.3 Å². The Hall–Kier alpha value is -1.62. The summed E-state index contributed by atoms with van der Waals surface area (Å²) < 4.78 is 5.32. The van der Waals surface area contributed by atoms with Crippen molar-refractivity contribution in [3.63, 3.8) is 0 Å². The SMILES string of the molecule is CC(C)NCOc1ccc([N+](=O)[O-])cc1. The Kier molecular flexibility index (Phi) is 4.05. The molecule has 0 atom stereocenters. The van der Waals surface area contributed by atoms with Crippen molar-refractivity contribution in [1.29, 1.82) is 0 Å². The molecule has 0 amide bonds. The molecule has 1 rings (SSSR count). The molecule has 0 aliphatic rings. The third kappa shape index (κ3) is 3.95. The minimum absolute atomic E-state index is 0.0687. The summed E-state index contributed by atoms with van der Waals surface area (Å²) in [5, 5.41) is 13.4. The van der Waals surface area contributed by atoms with Crippen molar-refractivity contribution in [2.75, 3.05) is 6.73 Å². The maximum atomic E-state index is 10.4. The van der Waals surface area contributed by atoms with Crippen molar-refractivity contribution in [1.82, 2.24) is 5.32 Å². The summed E-state index contributed by atoms with van der Waals surface area (Å²) in [5.74, 6) is 0.619. The van der Waals surface area contributed by atoms with E-state index < -0.39 is 4.92 Å². The van der Waals surface area contributed by atoms with Gasteiger partial charge in [0.25, 0.3) is 5.69 Å². The van der Waals surface area contributed by atoms with Crippen LogP contribution < -0.4 is 10.1 Å². The van der Waals surface area contributed by atoms with E-state index in [9.17, 15) is 10.1 Å². The van der Waals surface area contributed by atoms with E-state index in [4.69, 9.17) is 4.74 Å². The molecule has 1 N–H and O–H groups in total. The molecule has 1 aromatic rings. The molecule has 0 heterocycles. The molecule has 0 bridgehead atoms. The smallest absolute Gasteiger partial charge is 0.269 e. The zero-order valence-corrected chi connectivity index (χ0v) is 8.77. The molecule has 1 aromatic carbocycles. The summed E-state index contributed by atoms with van der Waals surface area (Å²) in [6.07, 6.45) is 0. The van der Waals surface area contributed by atoms with Gasteiger partial charge in [-0.3, -0.25) is 15.4 Å². The van der Waals surface area contributed by atoms with Gasteiger partial charge in [-0.2, -0.15) is 0 Å². The highest BCUT2D eigenvalue weighted by Crippen LogP contribution is 2.16. The Balaban J connectivity index is 2.46. The van der Waals surface area contributed by atoms with Gasteiger partial charge in [0.2, 0.25) is 0 Å². The van der Waals surface area contributed by atoms with Crippen molar-refractivity contribution >= 4 is 5.69 Å². The van der Waals surface area contributed by atoms with Gasteiger partial charge >= 0.3 is 0 Å². The first-order valence-electron chi connectivity index (χ1n) is 4.70. The number of nitrogens with one attached hydrogen (secondary N) is 1. The van der Waals surface area contributed by atoms with Crippen molar-refractivity contribution < 1.29 is 9.66 Å². The maximum absolute atomic E-state index is 10.4. The van der Waals surface area contributed by atoms with Gasteiger partial charge in [-0.05, 0) is 26.0 Å². The van der Waals surface area contributed by atoms with Crippen LogP contribution in [0.3, 0.4) is 0 Å². The second-order valence-electron chi connectivity index (χ2n) is 3.40. The molecule has 0 fully saturated rings. The molecular weight excluding hydrogens is 196 g/mol. The van der Waals surface area contributed by atoms with Crippen molar-refractivity contribution in [3.8, 4) is 5.75 Å². The summed E-state index contributed by atoms with van der Waals surface area (Å²) in [5.41, 5.74) is 0.0687. The Morgan fingerprint density at radius 3 is 2.47 bits per heavy atom. The third-order valence-electron chi connectivity index (χ3n) is 1.78. The monoisotopic (exact) mass is 210 g/mol. The fourth-order valence-corrected chi connectivity index (χ4v) is 0.956. The van der Waals surface area contributed by atoms with E-state index in [1.807, 2.05) is 13.8 Å². The summed E-state index contributed by atoms with van der Waals surface area (Å²) in [6.45, 7) is 4.42. The summed E-state index contributed by atoms with van der Waals surface area (Å²) in [4.78, 5) is 9.93.